The van der Waals surface area contributed by atoms with E-state index in [0.717, 1.165) is 11.1 Å². The maximum absolute atomic E-state index is 14.5. The number of halogens is 1. The number of aryl methyl sites for hydroxylation is 1. The normalized spacial score (nSPS) is 17.0. The molecule has 1 aliphatic rings. The number of carbonyl (C=O) groups excluding carboxylic acids is 2. The number of carbonyl (C=O) groups is 2. The van der Waals surface area contributed by atoms with Gasteiger partial charge in [-0.25, -0.2) is 14.0 Å². The molecule has 188 valence electrons. The van der Waals surface area contributed by atoms with Crippen LogP contribution >= 0.6 is 0 Å². The van der Waals surface area contributed by atoms with E-state index in [2.05, 4.69) is 5.32 Å². The van der Waals surface area contributed by atoms with Gasteiger partial charge in [0.05, 0.1) is 7.11 Å². The van der Waals surface area contributed by atoms with Crippen LogP contribution in [0.15, 0.2) is 66.7 Å². The summed E-state index contributed by atoms with van der Waals surface area (Å²) in [6, 6.07) is 19.4. The van der Waals surface area contributed by atoms with Crippen molar-refractivity contribution < 1.29 is 28.2 Å². The molecule has 0 saturated carbocycles. The average molecular weight is 492 g/mol. The third-order valence-corrected chi connectivity index (χ3v) is 6.09. The quantitative estimate of drug-likeness (QED) is 0.430. The summed E-state index contributed by atoms with van der Waals surface area (Å²) in [5.41, 5.74) is 1.01. The number of esters is 1. The number of fused-ring (bicyclic) bond motifs is 1. The van der Waals surface area contributed by atoms with E-state index < -0.39 is 23.2 Å². The van der Waals surface area contributed by atoms with Crippen LogP contribution in [0.2, 0.25) is 0 Å². The molecule has 7 heteroatoms. The maximum atomic E-state index is 14.5. The van der Waals surface area contributed by atoms with E-state index in [1.54, 1.807) is 51.1 Å². The fourth-order valence-corrected chi connectivity index (χ4v) is 4.45. The Morgan fingerprint density at radius 1 is 0.944 bits per heavy atom. The topological polar surface area (TPSA) is 73.9 Å². The number of alkyl carbamates (subject to hydrolysis) is 1. The van der Waals surface area contributed by atoms with Crippen molar-refractivity contribution in [2.45, 2.75) is 51.2 Å². The summed E-state index contributed by atoms with van der Waals surface area (Å²) >= 11 is 0. The SMILES string of the molecule is COC(=O)C1(NC(=O)OC(C)(C)C)CCc2ccc(Oc3ccccc3-c3ccccc3F)cc2C1. The zero-order valence-electron chi connectivity index (χ0n) is 20.9. The van der Waals surface area contributed by atoms with Crippen LogP contribution in [0.4, 0.5) is 9.18 Å². The molecule has 1 unspecified atom stereocenters. The fourth-order valence-electron chi connectivity index (χ4n) is 4.45. The van der Waals surface area contributed by atoms with Gasteiger partial charge in [-0.05, 0) is 69.0 Å². The molecule has 0 heterocycles. The molecule has 0 aromatic heterocycles. The summed E-state index contributed by atoms with van der Waals surface area (Å²) in [6.07, 6.45) is 0.484. The third-order valence-electron chi connectivity index (χ3n) is 6.09. The van der Waals surface area contributed by atoms with Crippen LogP contribution in [0, 0.1) is 5.82 Å². The number of ether oxygens (including phenoxy) is 3. The minimum absolute atomic E-state index is 0.223. The van der Waals surface area contributed by atoms with Crippen molar-refractivity contribution in [2.75, 3.05) is 7.11 Å². The molecule has 4 rings (SSSR count). The van der Waals surface area contributed by atoms with E-state index >= 15 is 0 Å². The summed E-state index contributed by atoms with van der Waals surface area (Å²) in [4.78, 5) is 25.4. The molecule has 0 radical (unpaired) electrons. The van der Waals surface area contributed by atoms with Gasteiger partial charge in [-0.2, -0.15) is 0 Å². The summed E-state index contributed by atoms with van der Waals surface area (Å²) in [7, 11) is 1.30. The molecule has 1 amide bonds. The molecule has 1 aliphatic carbocycles. The lowest BCUT2D eigenvalue weighted by Gasteiger charge is -2.36. The number of hydrogen-bond acceptors (Lipinski definition) is 5. The second-order valence-electron chi connectivity index (χ2n) is 9.89. The maximum Gasteiger partial charge on any atom is 0.408 e. The Morgan fingerprint density at radius 3 is 2.33 bits per heavy atom. The molecule has 1 N–H and O–H groups in total. The first kappa shape index (κ1) is 25.2. The fraction of sp³-hybridized carbons (Fsp3) is 0.310. The Morgan fingerprint density at radius 2 is 1.64 bits per heavy atom. The highest BCUT2D eigenvalue weighted by atomic mass is 19.1. The van der Waals surface area contributed by atoms with Crippen molar-refractivity contribution in [2.24, 2.45) is 0 Å². The van der Waals surface area contributed by atoms with Gasteiger partial charge in [0.2, 0.25) is 0 Å². The minimum Gasteiger partial charge on any atom is -0.467 e. The lowest BCUT2D eigenvalue weighted by molar-refractivity contribution is -0.149. The molecule has 0 spiro atoms. The van der Waals surface area contributed by atoms with Gasteiger partial charge in [0.25, 0.3) is 0 Å². The Labute approximate surface area is 210 Å². The van der Waals surface area contributed by atoms with Crippen LogP contribution in [0.3, 0.4) is 0 Å². The van der Waals surface area contributed by atoms with Gasteiger partial charge < -0.3 is 19.5 Å². The molecule has 0 fully saturated rings. The van der Waals surface area contributed by atoms with Crippen LogP contribution in [0.25, 0.3) is 11.1 Å². The van der Waals surface area contributed by atoms with Crippen LogP contribution in [-0.4, -0.2) is 30.3 Å². The summed E-state index contributed by atoms with van der Waals surface area (Å²) in [6.45, 7) is 5.28. The number of benzene rings is 3. The first-order chi connectivity index (χ1) is 17.1. The first-order valence-electron chi connectivity index (χ1n) is 11.8. The van der Waals surface area contributed by atoms with Crippen LogP contribution in [0.1, 0.15) is 38.3 Å². The second kappa shape index (κ2) is 10.0. The Hall–Kier alpha value is -3.87. The monoisotopic (exact) mass is 491 g/mol. The van der Waals surface area contributed by atoms with Gasteiger partial charge in [-0.3, -0.25) is 0 Å². The first-order valence-corrected chi connectivity index (χ1v) is 11.8. The molecule has 3 aromatic rings. The van der Waals surface area contributed by atoms with Gasteiger partial charge in [0.1, 0.15) is 28.5 Å². The van der Waals surface area contributed by atoms with Crippen LogP contribution in [-0.2, 0) is 27.1 Å². The van der Waals surface area contributed by atoms with Crippen molar-refractivity contribution in [3.63, 3.8) is 0 Å². The Bertz CT molecular complexity index is 1280. The standard InChI is InChI=1S/C29H30FNO5/c1-28(2,3)36-27(33)31-29(26(32)34-4)16-15-19-13-14-21(17-20(19)18-29)35-25-12-8-6-10-23(25)22-9-5-7-11-24(22)30/h5-14,17H,15-16,18H2,1-4H3,(H,31,33). The number of hydrogen-bond donors (Lipinski definition) is 1. The molecule has 0 aliphatic heterocycles. The lowest BCUT2D eigenvalue weighted by Crippen LogP contribution is -2.59. The van der Waals surface area contributed by atoms with Gasteiger partial charge >= 0.3 is 12.1 Å². The van der Waals surface area contributed by atoms with Gasteiger partial charge in [0, 0.05) is 17.5 Å². The highest BCUT2D eigenvalue weighted by molar-refractivity contribution is 5.86. The number of nitrogens with one attached hydrogen (secondary N) is 1. The van der Waals surface area contributed by atoms with E-state index in [1.165, 1.54) is 13.2 Å². The lowest BCUT2D eigenvalue weighted by atomic mass is 9.78. The van der Waals surface area contributed by atoms with Gasteiger partial charge in [-0.15, -0.1) is 0 Å². The van der Waals surface area contributed by atoms with Gasteiger partial charge in [0.15, 0.2) is 0 Å². The Balaban J connectivity index is 1.63. The molecular weight excluding hydrogens is 461 g/mol. The molecule has 0 bridgehead atoms. The van der Waals surface area contributed by atoms with Crippen LogP contribution < -0.4 is 10.1 Å². The Kier molecular flexibility index (Phi) is 7.02. The highest BCUT2D eigenvalue weighted by Crippen LogP contribution is 2.37. The summed E-state index contributed by atoms with van der Waals surface area (Å²) in [5.74, 6) is 0.172. The van der Waals surface area contributed by atoms with Crippen molar-refractivity contribution in [3.05, 3.63) is 83.7 Å². The largest absolute Gasteiger partial charge is 0.467 e. The predicted molar refractivity (Wildman–Crippen MR) is 134 cm³/mol. The van der Waals surface area contributed by atoms with Crippen molar-refractivity contribution in [3.8, 4) is 22.6 Å². The second-order valence-corrected chi connectivity index (χ2v) is 9.89. The van der Waals surface area contributed by atoms with E-state index in [-0.39, 0.29) is 12.2 Å². The minimum atomic E-state index is -1.26. The summed E-state index contributed by atoms with van der Waals surface area (Å²) < 4.78 is 31.1. The highest BCUT2D eigenvalue weighted by Gasteiger charge is 2.45. The predicted octanol–water partition coefficient (Wildman–Crippen LogP) is 6.21. The molecule has 36 heavy (non-hydrogen) atoms. The van der Waals surface area contributed by atoms with E-state index in [9.17, 15) is 14.0 Å². The number of amides is 1. The number of methoxy groups -OCH3 is 1. The molecule has 6 nitrogen and oxygen atoms in total. The molecular formula is C29H30FNO5. The smallest absolute Gasteiger partial charge is 0.408 e. The van der Waals surface area contributed by atoms with Crippen molar-refractivity contribution >= 4 is 12.1 Å². The molecule has 0 saturated heterocycles. The van der Waals surface area contributed by atoms with E-state index in [1.807, 2.05) is 30.3 Å². The van der Waals surface area contributed by atoms with E-state index in [0.29, 0.717) is 35.5 Å². The summed E-state index contributed by atoms with van der Waals surface area (Å²) in [5, 5.41) is 2.77. The van der Waals surface area contributed by atoms with E-state index in [4.69, 9.17) is 14.2 Å². The molecule has 3 aromatic carbocycles. The molecule has 1 atom stereocenters. The van der Waals surface area contributed by atoms with Crippen molar-refractivity contribution in [1.82, 2.24) is 5.32 Å². The third kappa shape index (κ3) is 5.51. The number of para-hydroxylation sites is 1. The average Bonchev–Trinajstić information content (AvgIpc) is 2.83. The number of rotatable bonds is 5. The van der Waals surface area contributed by atoms with Gasteiger partial charge in [-0.1, -0.05) is 42.5 Å². The zero-order valence-corrected chi connectivity index (χ0v) is 20.9. The zero-order chi connectivity index (χ0) is 25.9. The van der Waals surface area contributed by atoms with Crippen LogP contribution in [0.5, 0.6) is 11.5 Å². The van der Waals surface area contributed by atoms with Crippen molar-refractivity contribution in [1.29, 1.82) is 0 Å².